The van der Waals surface area contributed by atoms with Crippen LogP contribution in [0.25, 0.3) is 0 Å². The Bertz CT molecular complexity index is 632. The van der Waals surface area contributed by atoms with E-state index in [1.165, 1.54) is 18.5 Å². The summed E-state index contributed by atoms with van der Waals surface area (Å²) in [6, 6.07) is 6.08. The van der Waals surface area contributed by atoms with E-state index in [0.29, 0.717) is 28.6 Å². The second-order valence-electron chi connectivity index (χ2n) is 3.93. The van der Waals surface area contributed by atoms with Crippen molar-refractivity contribution in [2.24, 2.45) is 0 Å². The highest BCUT2D eigenvalue weighted by Gasteiger charge is 2.24. The van der Waals surface area contributed by atoms with Gasteiger partial charge in [-0.2, -0.15) is 0 Å². The summed E-state index contributed by atoms with van der Waals surface area (Å²) in [6.07, 6.45) is 2.13. The first-order chi connectivity index (χ1) is 8.74. The Hall–Kier alpha value is -1.82. The van der Waals surface area contributed by atoms with Crippen LogP contribution in [0, 0.1) is 5.82 Å². The van der Waals surface area contributed by atoms with Crippen molar-refractivity contribution < 1.29 is 8.60 Å². The second-order valence-corrected chi connectivity index (χ2v) is 5.44. The SMILES string of the molecule is O=S1CCc2ncnc(Nc3cccc(F)c3)c21. The highest BCUT2D eigenvalue weighted by Crippen LogP contribution is 2.28. The molecule has 1 N–H and O–H groups in total. The van der Waals surface area contributed by atoms with Crippen LogP contribution in [0.3, 0.4) is 0 Å². The number of nitrogens with zero attached hydrogens (tertiary/aromatic N) is 2. The zero-order chi connectivity index (χ0) is 12.5. The summed E-state index contributed by atoms with van der Waals surface area (Å²) >= 11 is 0. The van der Waals surface area contributed by atoms with Crippen LogP contribution in [0.5, 0.6) is 0 Å². The quantitative estimate of drug-likeness (QED) is 0.900. The van der Waals surface area contributed by atoms with Gasteiger partial charge >= 0.3 is 0 Å². The maximum absolute atomic E-state index is 13.1. The highest BCUT2D eigenvalue weighted by molar-refractivity contribution is 7.85. The largest absolute Gasteiger partial charge is 0.339 e. The van der Waals surface area contributed by atoms with Gasteiger partial charge in [0.1, 0.15) is 22.9 Å². The van der Waals surface area contributed by atoms with Crippen molar-refractivity contribution in [3.05, 3.63) is 42.1 Å². The van der Waals surface area contributed by atoms with Gasteiger partial charge in [0, 0.05) is 17.9 Å². The molecule has 6 heteroatoms. The van der Waals surface area contributed by atoms with Crippen LogP contribution >= 0.6 is 0 Å². The number of aryl methyl sites for hydroxylation is 1. The first kappa shape index (κ1) is 11.3. The van der Waals surface area contributed by atoms with E-state index in [1.54, 1.807) is 12.1 Å². The molecular formula is C12H10FN3OS. The minimum absolute atomic E-state index is 0.327. The van der Waals surface area contributed by atoms with Crippen LogP contribution in [0.15, 0.2) is 35.5 Å². The summed E-state index contributed by atoms with van der Waals surface area (Å²) in [5, 5.41) is 2.99. The molecule has 0 saturated heterocycles. The van der Waals surface area contributed by atoms with Crippen molar-refractivity contribution in [3.8, 4) is 0 Å². The fraction of sp³-hybridized carbons (Fsp3) is 0.167. The predicted molar refractivity (Wildman–Crippen MR) is 66.7 cm³/mol. The van der Waals surface area contributed by atoms with Gasteiger partial charge < -0.3 is 5.32 Å². The van der Waals surface area contributed by atoms with Gasteiger partial charge in [-0.25, -0.2) is 14.4 Å². The Morgan fingerprint density at radius 1 is 1.33 bits per heavy atom. The summed E-state index contributed by atoms with van der Waals surface area (Å²) in [4.78, 5) is 8.84. The van der Waals surface area contributed by atoms with Crippen LogP contribution in [0.4, 0.5) is 15.9 Å². The maximum atomic E-state index is 13.1. The average molecular weight is 263 g/mol. The molecule has 1 aliphatic heterocycles. The van der Waals surface area contributed by atoms with E-state index in [2.05, 4.69) is 15.3 Å². The topological polar surface area (TPSA) is 54.9 Å². The standard InChI is InChI=1S/C12H10FN3OS/c13-8-2-1-3-9(6-8)16-12-11-10(14-7-15-12)4-5-18(11)17/h1-3,6-7H,4-5H2,(H,14,15,16). The van der Waals surface area contributed by atoms with E-state index < -0.39 is 10.8 Å². The minimum atomic E-state index is -1.07. The van der Waals surface area contributed by atoms with Crippen molar-refractivity contribution in [1.29, 1.82) is 0 Å². The van der Waals surface area contributed by atoms with Crippen molar-refractivity contribution in [1.82, 2.24) is 9.97 Å². The van der Waals surface area contributed by atoms with Gasteiger partial charge in [0.25, 0.3) is 0 Å². The fourth-order valence-electron chi connectivity index (χ4n) is 1.91. The lowest BCUT2D eigenvalue weighted by molar-refractivity contribution is 0.628. The molecule has 0 bridgehead atoms. The number of hydrogen-bond acceptors (Lipinski definition) is 4. The first-order valence-corrected chi connectivity index (χ1v) is 6.81. The third-order valence-electron chi connectivity index (χ3n) is 2.72. The van der Waals surface area contributed by atoms with Gasteiger partial charge in [-0.3, -0.25) is 4.21 Å². The second kappa shape index (κ2) is 4.45. The monoisotopic (exact) mass is 263 g/mol. The third-order valence-corrected chi connectivity index (χ3v) is 4.18. The number of benzene rings is 1. The molecule has 2 heterocycles. The lowest BCUT2D eigenvalue weighted by Crippen LogP contribution is -2.01. The van der Waals surface area contributed by atoms with Gasteiger partial charge in [-0.05, 0) is 18.2 Å². The summed E-state index contributed by atoms with van der Waals surface area (Å²) in [6.45, 7) is 0. The smallest absolute Gasteiger partial charge is 0.150 e. The number of hydrogen-bond donors (Lipinski definition) is 1. The predicted octanol–water partition coefficient (Wildman–Crippen LogP) is 2.02. The molecule has 3 rings (SSSR count). The fourth-order valence-corrected chi connectivity index (χ4v) is 3.23. The molecule has 18 heavy (non-hydrogen) atoms. The van der Waals surface area contributed by atoms with Crippen LogP contribution < -0.4 is 5.32 Å². The molecule has 0 radical (unpaired) electrons. The molecule has 1 unspecified atom stereocenters. The van der Waals surface area contributed by atoms with E-state index in [4.69, 9.17) is 0 Å². The lowest BCUT2D eigenvalue weighted by atomic mass is 10.3. The number of halogens is 1. The van der Waals surface area contributed by atoms with Crippen LogP contribution in [-0.4, -0.2) is 19.9 Å². The molecule has 92 valence electrons. The van der Waals surface area contributed by atoms with Crippen molar-refractivity contribution >= 4 is 22.3 Å². The van der Waals surface area contributed by atoms with Gasteiger partial charge in [-0.15, -0.1) is 0 Å². The van der Waals surface area contributed by atoms with E-state index in [0.717, 1.165) is 5.69 Å². The Morgan fingerprint density at radius 3 is 3.06 bits per heavy atom. The Labute approximate surface area is 106 Å². The molecule has 1 aromatic carbocycles. The number of anilines is 2. The van der Waals surface area contributed by atoms with Crippen molar-refractivity contribution in [3.63, 3.8) is 0 Å². The van der Waals surface area contributed by atoms with E-state index in [-0.39, 0.29) is 5.82 Å². The number of nitrogens with one attached hydrogen (secondary N) is 1. The molecule has 0 spiro atoms. The van der Waals surface area contributed by atoms with Gasteiger partial charge in [0.15, 0.2) is 0 Å². The first-order valence-electron chi connectivity index (χ1n) is 5.49. The van der Waals surface area contributed by atoms with Crippen molar-refractivity contribution in [2.75, 3.05) is 11.1 Å². The Balaban J connectivity index is 1.99. The molecular weight excluding hydrogens is 253 g/mol. The molecule has 0 amide bonds. The Kier molecular flexibility index (Phi) is 2.79. The van der Waals surface area contributed by atoms with Gasteiger partial charge in [0.05, 0.1) is 16.5 Å². The number of fused-ring (bicyclic) bond motifs is 1. The van der Waals surface area contributed by atoms with Gasteiger partial charge in [0.2, 0.25) is 0 Å². The van der Waals surface area contributed by atoms with E-state index in [1.807, 2.05) is 0 Å². The number of rotatable bonds is 2. The molecule has 2 aromatic rings. The van der Waals surface area contributed by atoms with E-state index >= 15 is 0 Å². The molecule has 1 atom stereocenters. The minimum Gasteiger partial charge on any atom is -0.339 e. The molecule has 1 aliphatic rings. The average Bonchev–Trinajstić information content (AvgIpc) is 2.72. The van der Waals surface area contributed by atoms with E-state index in [9.17, 15) is 8.60 Å². The molecule has 1 aromatic heterocycles. The summed E-state index contributed by atoms with van der Waals surface area (Å²) in [5.41, 5.74) is 1.39. The number of aromatic nitrogens is 2. The highest BCUT2D eigenvalue weighted by atomic mass is 32.2. The van der Waals surface area contributed by atoms with Crippen molar-refractivity contribution in [2.45, 2.75) is 11.3 Å². The molecule has 0 saturated carbocycles. The third kappa shape index (κ3) is 1.99. The lowest BCUT2D eigenvalue weighted by Gasteiger charge is -2.08. The summed E-state index contributed by atoms with van der Waals surface area (Å²) in [5.74, 6) is 0.750. The zero-order valence-corrected chi connectivity index (χ0v) is 10.2. The summed E-state index contributed by atoms with van der Waals surface area (Å²) in [7, 11) is -1.07. The van der Waals surface area contributed by atoms with Crippen LogP contribution in [0.1, 0.15) is 5.69 Å². The van der Waals surface area contributed by atoms with Crippen LogP contribution in [-0.2, 0) is 17.2 Å². The van der Waals surface area contributed by atoms with Gasteiger partial charge in [-0.1, -0.05) is 6.07 Å². The van der Waals surface area contributed by atoms with Crippen LogP contribution in [0.2, 0.25) is 0 Å². The Morgan fingerprint density at radius 2 is 2.22 bits per heavy atom. The zero-order valence-electron chi connectivity index (χ0n) is 9.39. The maximum Gasteiger partial charge on any atom is 0.150 e. The molecule has 4 nitrogen and oxygen atoms in total. The molecule has 0 fully saturated rings. The molecule has 0 aliphatic carbocycles. The normalized spacial score (nSPS) is 17.5. The summed E-state index contributed by atoms with van der Waals surface area (Å²) < 4.78 is 24.9.